The second kappa shape index (κ2) is 5.72. The van der Waals surface area contributed by atoms with E-state index in [1.807, 2.05) is 0 Å². The molecule has 0 heterocycles. The number of hydrogen-bond acceptors (Lipinski definition) is 5. The molecule has 0 saturated heterocycles. The summed E-state index contributed by atoms with van der Waals surface area (Å²) in [5.74, 6) is -0.584. The Morgan fingerprint density at radius 2 is 1.83 bits per heavy atom. The van der Waals surface area contributed by atoms with Crippen LogP contribution in [0.5, 0.6) is 0 Å². The lowest BCUT2D eigenvalue weighted by Crippen LogP contribution is -2.11. The zero-order valence-corrected chi connectivity index (χ0v) is 10.6. The van der Waals surface area contributed by atoms with Gasteiger partial charge in [0, 0.05) is 18.6 Å². The van der Waals surface area contributed by atoms with E-state index < -0.39 is 14.8 Å². The van der Waals surface area contributed by atoms with E-state index in [9.17, 15) is 23.3 Å². The van der Waals surface area contributed by atoms with Crippen molar-refractivity contribution >= 4 is 21.3 Å². The van der Waals surface area contributed by atoms with E-state index in [0.717, 1.165) is 0 Å². The Balaban J connectivity index is 2.72. The average Bonchev–Trinajstić information content (AvgIpc) is 2.27. The molecule has 98 valence electrons. The largest absolute Gasteiger partial charge is 0.300 e. The number of hydrogen-bond donors (Lipinski definition) is 0. The minimum Gasteiger partial charge on any atom is -0.300 e. The van der Waals surface area contributed by atoms with Gasteiger partial charge in [-0.15, -0.1) is 0 Å². The van der Waals surface area contributed by atoms with Gasteiger partial charge < -0.3 is 0 Å². The summed E-state index contributed by atoms with van der Waals surface area (Å²) in [6.45, 7) is 1.33. The second-order valence-corrected chi connectivity index (χ2v) is 6.15. The molecule has 0 bridgehead atoms. The van der Waals surface area contributed by atoms with Crippen molar-refractivity contribution in [2.45, 2.75) is 19.1 Å². The Bertz CT molecular complexity index is 547. The number of carbonyl (C=O) groups is 1. The van der Waals surface area contributed by atoms with Crippen molar-refractivity contribution in [1.82, 2.24) is 0 Å². The highest BCUT2D eigenvalue weighted by Crippen LogP contribution is 2.14. The molecule has 0 radical (unpaired) electrons. The van der Waals surface area contributed by atoms with Crippen LogP contribution in [0.3, 0.4) is 0 Å². The molecule has 0 amide bonds. The van der Waals surface area contributed by atoms with Crippen LogP contribution in [0.15, 0.2) is 24.3 Å². The van der Waals surface area contributed by atoms with Gasteiger partial charge in [-0.05, 0) is 12.5 Å². The first-order valence-electron chi connectivity index (χ1n) is 5.23. The monoisotopic (exact) mass is 271 g/mol. The van der Waals surface area contributed by atoms with Crippen molar-refractivity contribution in [3.05, 3.63) is 39.9 Å². The molecular weight excluding hydrogens is 258 g/mol. The number of carbonyl (C=O) groups excluding carboxylic acids is 1. The van der Waals surface area contributed by atoms with Gasteiger partial charge in [0.25, 0.3) is 5.69 Å². The molecule has 0 atom stereocenters. The van der Waals surface area contributed by atoms with Gasteiger partial charge in [0.1, 0.15) is 5.78 Å². The Morgan fingerprint density at radius 3 is 2.28 bits per heavy atom. The van der Waals surface area contributed by atoms with Crippen LogP contribution in [-0.2, 0) is 20.4 Å². The van der Waals surface area contributed by atoms with Gasteiger partial charge in [-0.2, -0.15) is 0 Å². The summed E-state index contributed by atoms with van der Waals surface area (Å²) in [7, 11) is -3.35. The van der Waals surface area contributed by atoms with E-state index in [-0.39, 0.29) is 29.4 Å². The fourth-order valence-electron chi connectivity index (χ4n) is 1.34. The lowest BCUT2D eigenvalue weighted by atomic mass is 10.2. The number of benzene rings is 1. The van der Waals surface area contributed by atoms with E-state index in [1.54, 1.807) is 0 Å². The van der Waals surface area contributed by atoms with Crippen LogP contribution in [-0.4, -0.2) is 24.9 Å². The lowest BCUT2D eigenvalue weighted by molar-refractivity contribution is -0.384. The number of Topliss-reactive ketones (excluding diaryl/α,β-unsaturated/α-hetero) is 1. The minimum atomic E-state index is -3.35. The topological polar surface area (TPSA) is 94.3 Å². The van der Waals surface area contributed by atoms with Gasteiger partial charge in [-0.25, -0.2) is 8.42 Å². The number of nitro groups is 1. The summed E-state index contributed by atoms with van der Waals surface area (Å²) in [5.41, 5.74) is 0.393. The maximum absolute atomic E-state index is 11.6. The maximum Gasteiger partial charge on any atom is 0.269 e. The third kappa shape index (κ3) is 4.62. The zero-order valence-electron chi connectivity index (χ0n) is 9.83. The molecule has 1 aromatic rings. The van der Waals surface area contributed by atoms with Crippen LogP contribution < -0.4 is 0 Å². The summed E-state index contributed by atoms with van der Waals surface area (Å²) >= 11 is 0. The van der Waals surface area contributed by atoms with Crippen molar-refractivity contribution in [2.75, 3.05) is 5.75 Å². The molecule has 1 rings (SSSR count). The molecule has 0 aliphatic heterocycles. The van der Waals surface area contributed by atoms with Crippen LogP contribution in [0.25, 0.3) is 0 Å². The average molecular weight is 271 g/mol. The number of sulfone groups is 1. The number of nitro benzene ring substituents is 1. The Kier molecular flexibility index (Phi) is 4.55. The quantitative estimate of drug-likeness (QED) is 0.577. The van der Waals surface area contributed by atoms with Gasteiger partial charge in [0.05, 0.1) is 16.4 Å². The van der Waals surface area contributed by atoms with Gasteiger partial charge in [0.15, 0.2) is 9.84 Å². The molecule has 7 heteroatoms. The Hall–Kier alpha value is -1.76. The fourth-order valence-corrected chi connectivity index (χ4v) is 2.78. The highest BCUT2D eigenvalue weighted by atomic mass is 32.2. The van der Waals surface area contributed by atoms with Gasteiger partial charge >= 0.3 is 0 Å². The van der Waals surface area contributed by atoms with Crippen molar-refractivity contribution in [2.24, 2.45) is 0 Å². The Morgan fingerprint density at radius 1 is 1.28 bits per heavy atom. The van der Waals surface area contributed by atoms with E-state index in [1.165, 1.54) is 31.2 Å². The lowest BCUT2D eigenvalue weighted by Gasteiger charge is -2.03. The van der Waals surface area contributed by atoms with Crippen molar-refractivity contribution in [1.29, 1.82) is 0 Å². The van der Waals surface area contributed by atoms with E-state index in [4.69, 9.17) is 0 Å². The summed E-state index contributed by atoms with van der Waals surface area (Å²) < 4.78 is 23.3. The van der Waals surface area contributed by atoms with E-state index in [0.29, 0.717) is 5.56 Å². The minimum absolute atomic E-state index is 0.00465. The zero-order chi connectivity index (χ0) is 13.8. The highest BCUT2D eigenvalue weighted by molar-refractivity contribution is 7.90. The third-order valence-electron chi connectivity index (χ3n) is 2.30. The van der Waals surface area contributed by atoms with E-state index in [2.05, 4.69) is 0 Å². The molecule has 6 nitrogen and oxygen atoms in total. The van der Waals surface area contributed by atoms with Crippen molar-refractivity contribution < 1.29 is 18.1 Å². The van der Waals surface area contributed by atoms with Gasteiger partial charge in [0.2, 0.25) is 0 Å². The number of rotatable bonds is 6. The molecule has 18 heavy (non-hydrogen) atoms. The first-order valence-corrected chi connectivity index (χ1v) is 7.05. The number of ketones is 1. The van der Waals surface area contributed by atoms with Crippen LogP contribution in [0.2, 0.25) is 0 Å². The third-order valence-corrected chi connectivity index (χ3v) is 3.90. The molecule has 1 aromatic carbocycles. The molecule has 0 fully saturated rings. The molecule has 0 aromatic heterocycles. The molecular formula is C11H13NO5S. The van der Waals surface area contributed by atoms with Gasteiger partial charge in [-0.1, -0.05) is 12.1 Å². The highest BCUT2D eigenvalue weighted by Gasteiger charge is 2.14. The van der Waals surface area contributed by atoms with Crippen LogP contribution in [0, 0.1) is 10.1 Å². The molecule has 0 unspecified atom stereocenters. The summed E-state index contributed by atoms with van der Waals surface area (Å²) in [6.07, 6.45) is -0.00465. The summed E-state index contributed by atoms with van der Waals surface area (Å²) in [6, 6.07) is 5.33. The van der Waals surface area contributed by atoms with Crippen molar-refractivity contribution in [3.8, 4) is 0 Å². The Labute approximate surface area is 105 Å². The van der Waals surface area contributed by atoms with Crippen LogP contribution in [0.4, 0.5) is 5.69 Å². The first-order chi connectivity index (χ1) is 8.30. The molecule has 0 aliphatic carbocycles. The molecule has 0 saturated carbocycles. The van der Waals surface area contributed by atoms with E-state index >= 15 is 0 Å². The predicted octanol–water partition coefficient (Wildman–Crippen LogP) is 1.49. The van der Waals surface area contributed by atoms with Gasteiger partial charge in [-0.3, -0.25) is 14.9 Å². The normalized spacial score (nSPS) is 11.2. The molecule has 0 aliphatic rings. The number of nitrogens with zero attached hydrogens (tertiary/aromatic N) is 1. The second-order valence-electron chi connectivity index (χ2n) is 3.97. The van der Waals surface area contributed by atoms with Crippen LogP contribution in [0.1, 0.15) is 18.9 Å². The summed E-state index contributed by atoms with van der Waals surface area (Å²) in [5, 5.41) is 10.4. The van der Waals surface area contributed by atoms with Crippen LogP contribution >= 0.6 is 0 Å². The van der Waals surface area contributed by atoms with Crippen molar-refractivity contribution in [3.63, 3.8) is 0 Å². The standard InChI is InChI=1S/C11H13NO5S/c1-9(13)6-7-18(16,17)8-10-2-4-11(5-3-10)12(14)15/h2-5H,6-8H2,1H3. The molecule has 0 N–H and O–H groups in total. The fraction of sp³-hybridized carbons (Fsp3) is 0.364. The SMILES string of the molecule is CC(=O)CCS(=O)(=O)Cc1ccc([N+](=O)[O-])cc1. The smallest absolute Gasteiger partial charge is 0.269 e. The first kappa shape index (κ1) is 14.3. The molecule has 0 spiro atoms. The number of non-ortho nitro benzene ring substituents is 1. The predicted molar refractivity (Wildman–Crippen MR) is 65.9 cm³/mol. The summed E-state index contributed by atoms with van der Waals surface area (Å²) in [4.78, 5) is 20.6. The maximum atomic E-state index is 11.6.